The molecule has 0 N–H and O–H groups in total. The Labute approximate surface area is 220 Å². The molecule has 0 aliphatic carbocycles. The number of hydrogen-bond donors (Lipinski definition) is 0. The van der Waals surface area contributed by atoms with Gasteiger partial charge in [-0.05, 0) is 31.2 Å². The number of nitrogens with zero attached hydrogens (tertiary/aromatic N) is 3. The zero-order valence-electron chi connectivity index (χ0n) is 19.4. The van der Waals surface area contributed by atoms with Gasteiger partial charge in [0.25, 0.3) is 0 Å². The molecule has 4 atom stereocenters. The molecule has 1 saturated heterocycles. The van der Waals surface area contributed by atoms with Gasteiger partial charge in [0, 0.05) is 6.20 Å². The highest BCUT2D eigenvalue weighted by Crippen LogP contribution is 2.46. The maximum atomic E-state index is 14.8. The Morgan fingerprint density at radius 3 is 2.32 bits per heavy atom. The van der Waals surface area contributed by atoms with Gasteiger partial charge in [0.1, 0.15) is 34.7 Å². The molecule has 3 heterocycles. The zero-order chi connectivity index (χ0) is 26.2. The van der Waals surface area contributed by atoms with Gasteiger partial charge in [-0.3, -0.25) is 0 Å². The Kier molecular flexibility index (Phi) is 6.85. The third-order valence-electron chi connectivity index (χ3n) is 6.08. The smallest absolute Gasteiger partial charge is 0.338 e. The molecule has 4 aromatic rings. The van der Waals surface area contributed by atoms with E-state index in [1.54, 1.807) is 67.6 Å². The molecule has 0 saturated carbocycles. The van der Waals surface area contributed by atoms with Crippen molar-refractivity contribution in [1.82, 2.24) is 14.5 Å². The van der Waals surface area contributed by atoms with E-state index in [1.165, 1.54) is 10.9 Å². The number of fused-ring (bicyclic) bond motifs is 1. The first-order chi connectivity index (χ1) is 17.8. The van der Waals surface area contributed by atoms with Crippen LogP contribution in [0, 0.1) is 5.82 Å². The van der Waals surface area contributed by atoms with Crippen LogP contribution in [0.25, 0.3) is 11.0 Å². The van der Waals surface area contributed by atoms with Crippen molar-refractivity contribution < 1.29 is 28.2 Å². The van der Waals surface area contributed by atoms with E-state index in [9.17, 15) is 14.0 Å². The van der Waals surface area contributed by atoms with E-state index in [-0.39, 0.29) is 22.8 Å². The minimum Gasteiger partial charge on any atom is -0.459 e. The van der Waals surface area contributed by atoms with Gasteiger partial charge in [-0.25, -0.2) is 23.9 Å². The Morgan fingerprint density at radius 2 is 1.68 bits per heavy atom. The zero-order valence-corrected chi connectivity index (χ0v) is 20.9. The lowest BCUT2D eigenvalue weighted by Crippen LogP contribution is -2.43. The van der Waals surface area contributed by atoms with Crippen molar-refractivity contribution in [3.63, 3.8) is 0 Å². The van der Waals surface area contributed by atoms with Crippen molar-refractivity contribution in [3.05, 3.63) is 95.3 Å². The van der Waals surface area contributed by atoms with Crippen LogP contribution in [0.2, 0.25) is 5.15 Å². The molecule has 1 aliphatic rings. The van der Waals surface area contributed by atoms with Crippen molar-refractivity contribution in [2.45, 2.75) is 30.2 Å². The first-order valence-electron chi connectivity index (χ1n) is 11.3. The summed E-state index contributed by atoms with van der Waals surface area (Å²) in [6.45, 7) is 1.31. The van der Waals surface area contributed by atoms with Crippen molar-refractivity contribution >= 4 is 46.2 Å². The number of carbonyl (C=O) groups excluding carboxylic acids is 2. The van der Waals surface area contributed by atoms with Crippen LogP contribution < -0.4 is 0 Å². The summed E-state index contributed by atoms with van der Waals surface area (Å²) in [4.78, 5) is 32.1. The molecular weight excluding hydrogens is 524 g/mol. The fourth-order valence-corrected chi connectivity index (χ4v) is 4.85. The minimum absolute atomic E-state index is 0.00276. The lowest BCUT2D eigenvalue weighted by atomic mass is 10.0. The fraction of sp³-hybridized carbons (Fsp3) is 0.231. The fourth-order valence-electron chi connectivity index (χ4n) is 4.29. The number of aromatic nitrogens is 3. The highest BCUT2D eigenvalue weighted by molar-refractivity contribution is 6.34. The Balaban J connectivity index is 1.47. The van der Waals surface area contributed by atoms with E-state index in [1.807, 2.05) is 0 Å². The largest absolute Gasteiger partial charge is 0.459 e. The third kappa shape index (κ3) is 4.77. The van der Waals surface area contributed by atoms with Crippen LogP contribution in [0.5, 0.6) is 0 Å². The number of halogens is 3. The summed E-state index contributed by atoms with van der Waals surface area (Å²) in [5.41, 5.74) is 0.785. The van der Waals surface area contributed by atoms with E-state index < -0.39 is 41.1 Å². The van der Waals surface area contributed by atoms with Crippen LogP contribution >= 0.6 is 23.2 Å². The molecular formula is C26H20Cl2FN3O5. The van der Waals surface area contributed by atoms with Crippen molar-refractivity contribution in [2.24, 2.45) is 0 Å². The van der Waals surface area contributed by atoms with Crippen molar-refractivity contribution in [3.8, 4) is 0 Å². The van der Waals surface area contributed by atoms with Gasteiger partial charge in [-0.1, -0.05) is 48.0 Å². The van der Waals surface area contributed by atoms with Crippen LogP contribution in [0.15, 0.2) is 73.2 Å². The number of hydrogen-bond acceptors (Lipinski definition) is 7. The lowest BCUT2D eigenvalue weighted by molar-refractivity contribution is -0.0565. The molecule has 0 bridgehead atoms. The van der Waals surface area contributed by atoms with E-state index in [0.29, 0.717) is 11.1 Å². The second-order valence-corrected chi connectivity index (χ2v) is 9.75. The number of alkyl halides is 1. The molecule has 0 spiro atoms. The Bertz CT molecular complexity index is 1450. The molecule has 1 aliphatic heterocycles. The average molecular weight is 544 g/mol. The van der Waals surface area contributed by atoms with Gasteiger partial charge in [0.15, 0.2) is 18.1 Å². The standard InChI is InChI=1S/C26H20Cl2FN3O5/c1-26(28)20(37-24(34)16-10-6-3-7-11-16)18(13-35-23(33)15-8-4-2-5-9-15)36-25(26)32-12-17(29)19-21(27)30-14-31-22(19)32/h2-12,14,18,20,25H,13H2,1H3/t18-,20-,25?,26-/m1/s1. The lowest BCUT2D eigenvalue weighted by Gasteiger charge is -2.29. The summed E-state index contributed by atoms with van der Waals surface area (Å²) in [5, 5.41) is -0.0760. The third-order valence-corrected chi connectivity index (χ3v) is 6.77. The summed E-state index contributed by atoms with van der Waals surface area (Å²) < 4.78 is 33.6. The van der Waals surface area contributed by atoms with E-state index >= 15 is 0 Å². The maximum Gasteiger partial charge on any atom is 0.338 e. The van der Waals surface area contributed by atoms with Crippen LogP contribution in [-0.2, 0) is 14.2 Å². The normalized spacial score (nSPS) is 23.2. The number of carbonyl (C=O) groups is 2. The minimum atomic E-state index is -1.43. The molecule has 0 radical (unpaired) electrons. The summed E-state index contributed by atoms with van der Waals surface area (Å²) in [7, 11) is 0. The molecule has 11 heteroatoms. The molecule has 190 valence electrons. The van der Waals surface area contributed by atoms with Crippen LogP contribution in [0.4, 0.5) is 4.39 Å². The van der Waals surface area contributed by atoms with Gasteiger partial charge in [0.05, 0.1) is 16.5 Å². The van der Waals surface area contributed by atoms with E-state index in [0.717, 1.165) is 6.20 Å². The Morgan fingerprint density at radius 1 is 1.05 bits per heavy atom. The number of ether oxygens (including phenoxy) is 3. The van der Waals surface area contributed by atoms with E-state index in [4.69, 9.17) is 37.4 Å². The summed E-state index contributed by atoms with van der Waals surface area (Å²) in [5.74, 6) is -1.91. The second-order valence-electron chi connectivity index (χ2n) is 8.58. The second kappa shape index (κ2) is 10.1. The van der Waals surface area contributed by atoms with Crippen LogP contribution in [-0.4, -0.2) is 50.2 Å². The molecule has 5 rings (SSSR count). The number of esters is 2. The summed E-state index contributed by atoms with van der Waals surface area (Å²) in [6, 6.07) is 16.8. The summed E-state index contributed by atoms with van der Waals surface area (Å²) >= 11 is 13.1. The predicted molar refractivity (Wildman–Crippen MR) is 133 cm³/mol. The molecule has 1 fully saturated rings. The quantitative estimate of drug-likeness (QED) is 0.187. The SMILES string of the molecule is C[C@]1(Cl)C(n2cc(F)c3c(Cl)ncnc32)O[C@H](COC(=O)c2ccccc2)[C@H]1OC(=O)c1ccccc1. The van der Waals surface area contributed by atoms with Gasteiger partial charge in [-0.2, -0.15) is 0 Å². The summed E-state index contributed by atoms with van der Waals surface area (Å²) in [6.07, 6.45) is -0.807. The van der Waals surface area contributed by atoms with Crippen molar-refractivity contribution in [2.75, 3.05) is 6.61 Å². The highest BCUT2D eigenvalue weighted by atomic mass is 35.5. The monoisotopic (exact) mass is 543 g/mol. The molecule has 1 unspecified atom stereocenters. The molecule has 0 amide bonds. The number of benzene rings is 2. The van der Waals surface area contributed by atoms with Gasteiger partial charge in [0.2, 0.25) is 0 Å². The first kappa shape index (κ1) is 25.1. The Hall–Kier alpha value is -3.53. The topological polar surface area (TPSA) is 92.5 Å². The van der Waals surface area contributed by atoms with Gasteiger partial charge < -0.3 is 18.8 Å². The predicted octanol–water partition coefficient (Wildman–Crippen LogP) is 5.20. The molecule has 8 nitrogen and oxygen atoms in total. The van der Waals surface area contributed by atoms with Crippen LogP contribution in [0.3, 0.4) is 0 Å². The van der Waals surface area contributed by atoms with Gasteiger partial charge in [-0.15, -0.1) is 11.6 Å². The maximum absolute atomic E-state index is 14.8. The van der Waals surface area contributed by atoms with Crippen LogP contribution in [0.1, 0.15) is 33.9 Å². The van der Waals surface area contributed by atoms with Crippen molar-refractivity contribution in [1.29, 1.82) is 0 Å². The molecule has 2 aromatic carbocycles. The number of rotatable bonds is 6. The first-order valence-corrected chi connectivity index (χ1v) is 12.0. The molecule has 2 aromatic heterocycles. The molecule has 37 heavy (non-hydrogen) atoms. The average Bonchev–Trinajstić information content (AvgIpc) is 3.37. The highest BCUT2D eigenvalue weighted by Gasteiger charge is 2.57. The van der Waals surface area contributed by atoms with E-state index in [2.05, 4.69) is 9.97 Å². The van der Waals surface area contributed by atoms with Gasteiger partial charge >= 0.3 is 11.9 Å².